The van der Waals surface area contributed by atoms with E-state index in [0.29, 0.717) is 18.5 Å². The molecule has 0 aliphatic carbocycles. The summed E-state index contributed by atoms with van der Waals surface area (Å²) in [6, 6.07) is -2.81. The SMILES string of the molecule is C[C@@H]1CC(=O)N[C@@H]1C(=O)[N+]1(C(=O)[C@@H](N)Cc2cnc[nH]2)CCC[C@H]1C(N)=O. The molecule has 10 heteroatoms. The first-order chi connectivity index (χ1) is 12.8. The Labute approximate surface area is 156 Å². The first-order valence-electron chi connectivity index (χ1n) is 9.05. The summed E-state index contributed by atoms with van der Waals surface area (Å²) in [4.78, 5) is 57.4. The molecule has 1 aromatic rings. The van der Waals surface area contributed by atoms with Crippen molar-refractivity contribution in [2.75, 3.05) is 6.54 Å². The molecule has 0 radical (unpaired) electrons. The lowest BCUT2D eigenvalue weighted by Gasteiger charge is -2.37. The van der Waals surface area contributed by atoms with Crippen molar-refractivity contribution in [2.24, 2.45) is 17.4 Å². The van der Waals surface area contributed by atoms with E-state index in [-0.39, 0.29) is 31.2 Å². The number of nitrogens with two attached hydrogens (primary N) is 2. The lowest BCUT2D eigenvalue weighted by molar-refractivity contribution is -0.783. The molecule has 27 heavy (non-hydrogen) atoms. The van der Waals surface area contributed by atoms with Gasteiger partial charge in [-0.15, -0.1) is 0 Å². The second-order valence-electron chi connectivity index (χ2n) is 7.44. The average Bonchev–Trinajstić information content (AvgIpc) is 3.33. The van der Waals surface area contributed by atoms with Crippen molar-refractivity contribution in [3.05, 3.63) is 18.2 Å². The summed E-state index contributed by atoms with van der Waals surface area (Å²) >= 11 is 0. The van der Waals surface area contributed by atoms with Crippen LogP contribution >= 0.6 is 0 Å². The maximum atomic E-state index is 13.4. The lowest BCUT2D eigenvalue weighted by atomic mass is 9.98. The second kappa shape index (κ2) is 7.20. The number of imidazole rings is 1. The number of carbonyl (C=O) groups is 4. The molecule has 4 amide bonds. The second-order valence-corrected chi connectivity index (χ2v) is 7.44. The molecule has 3 heterocycles. The van der Waals surface area contributed by atoms with Crippen molar-refractivity contribution < 1.29 is 23.7 Å². The van der Waals surface area contributed by atoms with Gasteiger partial charge in [0, 0.05) is 37.6 Å². The van der Waals surface area contributed by atoms with E-state index in [0.717, 1.165) is 0 Å². The van der Waals surface area contributed by atoms with Gasteiger partial charge in [0.05, 0.1) is 12.9 Å². The third-order valence-corrected chi connectivity index (χ3v) is 5.61. The van der Waals surface area contributed by atoms with Gasteiger partial charge in [-0.3, -0.25) is 9.59 Å². The molecule has 1 aromatic heterocycles. The standard InChI is InChI=1S/C17H24N6O4/c1-9-5-13(24)22-14(9)17(27)23(4-2-3-12(23)15(19)25)16(26)11(18)6-10-7-20-8-21-10/h7-9,11-12,14H,2-6,18H2,1H3,(H3-,19,20,21,22,24,25)/p+1/t9-,11+,12+,14+,23?/m1/s1. The Hall–Kier alpha value is -2.59. The third kappa shape index (κ3) is 3.26. The van der Waals surface area contributed by atoms with Crippen molar-refractivity contribution in [1.29, 1.82) is 0 Å². The highest BCUT2D eigenvalue weighted by Gasteiger charge is 2.61. The first-order valence-corrected chi connectivity index (χ1v) is 9.05. The number of nitrogens with zero attached hydrogens (tertiary/aromatic N) is 2. The van der Waals surface area contributed by atoms with Crippen LogP contribution in [-0.2, 0) is 25.6 Å². The number of hydrogen-bond acceptors (Lipinski definition) is 6. The molecule has 2 saturated heterocycles. The van der Waals surface area contributed by atoms with Gasteiger partial charge in [-0.25, -0.2) is 14.6 Å². The van der Waals surface area contributed by atoms with Crippen LogP contribution in [0.15, 0.2) is 12.5 Å². The molecule has 2 aliphatic heterocycles. The topological polar surface area (TPSA) is 161 Å². The smallest absolute Gasteiger partial charge is 0.344 e. The quantitative estimate of drug-likeness (QED) is 0.448. The van der Waals surface area contributed by atoms with Crippen molar-refractivity contribution in [3.63, 3.8) is 0 Å². The Morgan fingerprint density at radius 1 is 1.41 bits per heavy atom. The third-order valence-electron chi connectivity index (χ3n) is 5.61. The molecule has 2 aliphatic rings. The summed E-state index contributed by atoms with van der Waals surface area (Å²) in [6.45, 7) is 1.92. The molecule has 10 nitrogen and oxygen atoms in total. The van der Waals surface area contributed by atoms with Crippen molar-refractivity contribution in [2.45, 2.75) is 50.7 Å². The minimum Gasteiger partial charge on any atom is -0.364 e. The van der Waals surface area contributed by atoms with Crippen LogP contribution in [0.5, 0.6) is 0 Å². The molecule has 5 atom stereocenters. The summed E-state index contributed by atoms with van der Waals surface area (Å²) in [6.07, 6.45) is 4.21. The van der Waals surface area contributed by atoms with Crippen LogP contribution in [0.4, 0.5) is 0 Å². The Balaban J connectivity index is 1.95. The van der Waals surface area contributed by atoms with E-state index in [2.05, 4.69) is 15.3 Å². The predicted octanol–water partition coefficient (Wildman–Crippen LogP) is -1.68. The molecule has 6 N–H and O–H groups in total. The fourth-order valence-corrected chi connectivity index (χ4v) is 4.26. The van der Waals surface area contributed by atoms with E-state index in [1.165, 1.54) is 6.33 Å². The molecular weight excluding hydrogens is 352 g/mol. The number of H-pyrrole nitrogens is 1. The van der Waals surface area contributed by atoms with E-state index in [4.69, 9.17) is 11.5 Å². The van der Waals surface area contributed by atoms with Crippen LogP contribution in [0.2, 0.25) is 0 Å². The van der Waals surface area contributed by atoms with Crippen molar-refractivity contribution in [1.82, 2.24) is 15.3 Å². The molecule has 146 valence electrons. The first kappa shape index (κ1) is 19.2. The Bertz CT molecular complexity index is 763. The van der Waals surface area contributed by atoms with Crippen LogP contribution in [0.1, 0.15) is 31.9 Å². The Kier molecular flexibility index (Phi) is 5.11. The largest absolute Gasteiger partial charge is 0.364 e. The monoisotopic (exact) mass is 377 g/mol. The molecule has 1 unspecified atom stereocenters. The van der Waals surface area contributed by atoms with E-state index in [9.17, 15) is 19.2 Å². The number of quaternary nitrogens is 1. The highest BCUT2D eigenvalue weighted by Crippen LogP contribution is 2.33. The van der Waals surface area contributed by atoms with Gasteiger partial charge in [-0.2, -0.15) is 4.48 Å². The van der Waals surface area contributed by atoms with Crippen LogP contribution < -0.4 is 16.8 Å². The Morgan fingerprint density at radius 3 is 2.70 bits per heavy atom. The van der Waals surface area contributed by atoms with Crippen LogP contribution in [-0.4, -0.2) is 62.7 Å². The lowest BCUT2D eigenvalue weighted by Crippen LogP contribution is -2.70. The van der Waals surface area contributed by atoms with Gasteiger partial charge in [-0.1, -0.05) is 6.92 Å². The average molecular weight is 377 g/mol. The van der Waals surface area contributed by atoms with Gasteiger partial charge in [0.1, 0.15) is 12.1 Å². The van der Waals surface area contributed by atoms with Gasteiger partial charge in [0.25, 0.3) is 5.91 Å². The zero-order chi connectivity index (χ0) is 19.8. The van der Waals surface area contributed by atoms with E-state index in [1.807, 2.05) is 0 Å². The summed E-state index contributed by atoms with van der Waals surface area (Å²) in [5.74, 6) is -2.28. The highest BCUT2D eigenvalue weighted by atomic mass is 16.2. The van der Waals surface area contributed by atoms with Crippen LogP contribution in [0.25, 0.3) is 0 Å². The van der Waals surface area contributed by atoms with E-state index < -0.39 is 40.3 Å². The van der Waals surface area contributed by atoms with Gasteiger partial charge < -0.3 is 21.8 Å². The fraction of sp³-hybridized carbons (Fsp3) is 0.588. The zero-order valence-electron chi connectivity index (χ0n) is 15.2. The molecule has 3 rings (SSSR count). The molecule has 0 aromatic carbocycles. The van der Waals surface area contributed by atoms with Gasteiger partial charge in [0.15, 0.2) is 6.04 Å². The number of likely N-dealkylation sites (tertiary alicyclic amines) is 1. The van der Waals surface area contributed by atoms with Crippen molar-refractivity contribution >= 4 is 23.6 Å². The maximum Gasteiger partial charge on any atom is 0.344 e. The molecule has 0 saturated carbocycles. The number of aromatic nitrogens is 2. The fourth-order valence-electron chi connectivity index (χ4n) is 4.26. The number of rotatable bonds is 5. The summed E-state index contributed by atoms with van der Waals surface area (Å²) < 4.78 is -0.722. The highest BCUT2D eigenvalue weighted by molar-refractivity contribution is 5.97. The minimum atomic E-state index is -1.01. The number of imide groups is 1. The number of primary amides is 1. The minimum absolute atomic E-state index is 0.154. The van der Waals surface area contributed by atoms with E-state index >= 15 is 0 Å². The summed E-state index contributed by atoms with van der Waals surface area (Å²) in [7, 11) is 0. The zero-order valence-corrected chi connectivity index (χ0v) is 15.2. The van der Waals surface area contributed by atoms with E-state index in [1.54, 1.807) is 13.1 Å². The number of nitrogens with one attached hydrogen (secondary N) is 2. The maximum absolute atomic E-state index is 13.4. The molecule has 0 spiro atoms. The number of aromatic amines is 1. The number of hydrogen-bond donors (Lipinski definition) is 4. The number of amides is 4. The molecule has 2 fully saturated rings. The van der Waals surface area contributed by atoms with Gasteiger partial charge in [-0.05, 0) is 5.92 Å². The predicted molar refractivity (Wildman–Crippen MR) is 93.3 cm³/mol. The van der Waals surface area contributed by atoms with Gasteiger partial charge >= 0.3 is 11.8 Å². The molecular formula is C17H25N6O4+. The van der Waals surface area contributed by atoms with Gasteiger partial charge in [0.2, 0.25) is 5.91 Å². The summed E-state index contributed by atoms with van der Waals surface area (Å²) in [5, 5.41) is 2.64. The van der Waals surface area contributed by atoms with Crippen LogP contribution in [0.3, 0.4) is 0 Å². The molecule has 0 bridgehead atoms. The normalized spacial score (nSPS) is 31.5. The summed E-state index contributed by atoms with van der Waals surface area (Å²) in [5.41, 5.74) is 12.3. The van der Waals surface area contributed by atoms with Crippen LogP contribution in [0, 0.1) is 5.92 Å². The number of carbonyl (C=O) groups excluding carboxylic acids is 4. The van der Waals surface area contributed by atoms with Crippen molar-refractivity contribution in [3.8, 4) is 0 Å². The Morgan fingerprint density at radius 2 is 2.15 bits per heavy atom.